The highest BCUT2D eigenvalue weighted by Gasteiger charge is 2.44. The summed E-state index contributed by atoms with van der Waals surface area (Å²) in [4.78, 5) is 12.9. The highest BCUT2D eigenvalue weighted by molar-refractivity contribution is 5.76. The van der Waals surface area contributed by atoms with Crippen molar-refractivity contribution in [2.45, 2.75) is 217 Å². The molecule has 1 aliphatic heterocycles. The van der Waals surface area contributed by atoms with Crippen LogP contribution >= 0.6 is 0 Å². The molecular formula is C41H77NO8. The fourth-order valence-electron chi connectivity index (χ4n) is 6.38. The Morgan fingerprint density at radius 3 is 1.62 bits per heavy atom. The molecule has 9 heteroatoms. The van der Waals surface area contributed by atoms with Crippen molar-refractivity contribution in [2.75, 3.05) is 13.2 Å². The van der Waals surface area contributed by atoms with Gasteiger partial charge in [0, 0.05) is 6.42 Å². The molecule has 7 atom stereocenters. The number of nitrogens with one attached hydrogen (secondary N) is 1. The molecular weight excluding hydrogens is 634 g/mol. The van der Waals surface area contributed by atoms with Gasteiger partial charge in [0.05, 0.1) is 25.4 Å². The minimum absolute atomic E-state index is 0.188. The smallest absolute Gasteiger partial charge is 0.220 e. The van der Waals surface area contributed by atoms with Gasteiger partial charge in [-0.15, -0.1) is 0 Å². The molecule has 50 heavy (non-hydrogen) atoms. The highest BCUT2D eigenvalue weighted by Crippen LogP contribution is 2.22. The number of amides is 1. The van der Waals surface area contributed by atoms with Crippen molar-refractivity contribution < 1.29 is 39.8 Å². The molecule has 0 spiro atoms. The first-order valence-electron chi connectivity index (χ1n) is 20.6. The predicted octanol–water partition coefficient (Wildman–Crippen LogP) is 7.55. The molecule has 0 aromatic heterocycles. The second-order valence-electron chi connectivity index (χ2n) is 14.4. The van der Waals surface area contributed by atoms with Crippen molar-refractivity contribution in [1.82, 2.24) is 5.32 Å². The third kappa shape index (κ3) is 23.3. The zero-order valence-corrected chi connectivity index (χ0v) is 31.9. The topological polar surface area (TPSA) is 149 Å². The maximum absolute atomic E-state index is 12.9. The van der Waals surface area contributed by atoms with Crippen LogP contribution < -0.4 is 5.32 Å². The van der Waals surface area contributed by atoms with Crippen LogP contribution in [-0.2, 0) is 14.3 Å². The fraction of sp³-hybridized carbons (Fsp3) is 0.878. The van der Waals surface area contributed by atoms with Crippen molar-refractivity contribution >= 4 is 5.91 Å². The van der Waals surface area contributed by atoms with Crippen LogP contribution in [0.25, 0.3) is 0 Å². The van der Waals surface area contributed by atoms with Gasteiger partial charge in [0.15, 0.2) is 6.29 Å². The summed E-state index contributed by atoms with van der Waals surface area (Å²) in [6, 6.07) is -0.804. The van der Waals surface area contributed by atoms with Crippen molar-refractivity contribution in [1.29, 1.82) is 0 Å². The van der Waals surface area contributed by atoms with E-state index in [4.69, 9.17) is 9.47 Å². The van der Waals surface area contributed by atoms with Gasteiger partial charge >= 0.3 is 0 Å². The number of hydrogen-bond donors (Lipinski definition) is 6. The van der Waals surface area contributed by atoms with Gasteiger partial charge < -0.3 is 40.3 Å². The van der Waals surface area contributed by atoms with E-state index in [9.17, 15) is 30.3 Å². The summed E-state index contributed by atoms with van der Waals surface area (Å²) in [5.41, 5.74) is 0. The number of unbranched alkanes of at least 4 members (excludes halogenated alkanes) is 21. The number of aliphatic hydroxyl groups excluding tert-OH is 5. The molecule has 294 valence electrons. The maximum atomic E-state index is 12.9. The van der Waals surface area contributed by atoms with Crippen molar-refractivity contribution in [3.63, 3.8) is 0 Å². The highest BCUT2D eigenvalue weighted by atomic mass is 16.7. The van der Waals surface area contributed by atoms with Gasteiger partial charge in [-0.25, -0.2) is 0 Å². The third-order valence-electron chi connectivity index (χ3n) is 9.77. The van der Waals surface area contributed by atoms with Crippen molar-refractivity contribution in [3.8, 4) is 0 Å². The number of ether oxygens (including phenoxy) is 2. The summed E-state index contributed by atoms with van der Waals surface area (Å²) in [6.07, 6.45) is 29.3. The van der Waals surface area contributed by atoms with Gasteiger partial charge in [-0.1, -0.05) is 147 Å². The normalized spacial score (nSPS) is 22.4. The van der Waals surface area contributed by atoms with Gasteiger partial charge in [-0.3, -0.25) is 4.79 Å². The van der Waals surface area contributed by atoms with Crippen LogP contribution in [0.5, 0.6) is 0 Å². The molecule has 1 saturated heterocycles. The molecule has 1 rings (SSSR count). The van der Waals surface area contributed by atoms with E-state index in [0.717, 1.165) is 57.8 Å². The molecule has 0 radical (unpaired) electrons. The lowest BCUT2D eigenvalue weighted by molar-refractivity contribution is -0.302. The van der Waals surface area contributed by atoms with Crippen molar-refractivity contribution in [3.05, 3.63) is 24.3 Å². The van der Waals surface area contributed by atoms with Crippen LogP contribution in [0, 0.1) is 0 Å². The Balaban J connectivity index is 2.41. The summed E-state index contributed by atoms with van der Waals surface area (Å²) >= 11 is 0. The molecule has 1 heterocycles. The molecule has 7 unspecified atom stereocenters. The number of carbonyl (C=O) groups is 1. The summed E-state index contributed by atoms with van der Waals surface area (Å²) in [5, 5.41) is 53.9. The number of aliphatic hydroxyl groups is 5. The number of hydrogen-bond acceptors (Lipinski definition) is 8. The average Bonchev–Trinajstić information content (AvgIpc) is 3.11. The number of allylic oxidation sites excluding steroid dienone is 3. The third-order valence-corrected chi connectivity index (χ3v) is 9.77. The Bertz CT molecular complexity index is 837. The van der Waals surface area contributed by atoms with Crippen LogP contribution in [0.1, 0.15) is 174 Å². The Morgan fingerprint density at radius 2 is 1.12 bits per heavy atom. The summed E-state index contributed by atoms with van der Waals surface area (Å²) < 4.78 is 11.2. The minimum Gasteiger partial charge on any atom is -0.394 e. The van der Waals surface area contributed by atoms with E-state index in [1.165, 1.54) is 96.3 Å². The van der Waals surface area contributed by atoms with Gasteiger partial charge in [0.2, 0.25) is 5.91 Å². The Labute approximate surface area is 305 Å². The van der Waals surface area contributed by atoms with E-state index in [1.807, 2.05) is 6.08 Å². The van der Waals surface area contributed by atoms with Crippen LogP contribution in [0.15, 0.2) is 24.3 Å². The Kier molecular flexibility index (Phi) is 30.2. The molecule has 1 aliphatic rings. The second-order valence-corrected chi connectivity index (χ2v) is 14.4. The van der Waals surface area contributed by atoms with Crippen molar-refractivity contribution in [2.24, 2.45) is 0 Å². The van der Waals surface area contributed by atoms with E-state index >= 15 is 0 Å². The van der Waals surface area contributed by atoms with Gasteiger partial charge in [-0.2, -0.15) is 0 Å². The second kappa shape index (κ2) is 32.3. The summed E-state index contributed by atoms with van der Waals surface area (Å²) in [7, 11) is 0. The van der Waals surface area contributed by atoms with Gasteiger partial charge in [0.25, 0.3) is 0 Å². The average molecular weight is 712 g/mol. The fourth-order valence-corrected chi connectivity index (χ4v) is 6.38. The molecule has 0 aliphatic carbocycles. The quantitative estimate of drug-likeness (QED) is 0.0302. The van der Waals surface area contributed by atoms with Gasteiger partial charge in [0.1, 0.15) is 24.4 Å². The molecule has 0 saturated carbocycles. The zero-order valence-electron chi connectivity index (χ0n) is 31.9. The molecule has 9 nitrogen and oxygen atoms in total. The summed E-state index contributed by atoms with van der Waals surface area (Å²) in [6.45, 7) is 3.73. The van der Waals surface area contributed by atoms with Crippen LogP contribution in [0.4, 0.5) is 0 Å². The first-order chi connectivity index (χ1) is 24.3. The van der Waals surface area contributed by atoms with E-state index in [2.05, 4.69) is 31.3 Å². The lowest BCUT2D eigenvalue weighted by Gasteiger charge is -2.40. The lowest BCUT2D eigenvalue weighted by atomic mass is 9.99. The molecule has 0 aromatic carbocycles. The molecule has 0 aromatic rings. The van der Waals surface area contributed by atoms with E-state index < -0.39 is 49.5 Å². The zero-order chi connectivity index (χ0) is 36.7. The Hall–Kier alpha value is -1.33. The molecule has 1 fully saturated rings. The first kappa shape index (κ1) is 46.7. The SMILES string of the molecule is CCCCCCCCC/C=C\CCCCCCCC(=O)NC(COC1OC(CO)C(O)C(O)C1O)C(O)/C=C/CCCCCCCCCCC. The maximum Gasteiger partial charge on any atom is 0.220 e. The molecule has 6 N–H and O–H groups in total. The van der Waals surface area contributed by atoms with Gasteiger partial charge in [-0.05, 0) is 44.9 Å². The van der Waals surface area contributed by atoms with E-state index in [-0.39, 0.29) is 12.5 Å². The Morgan fingerprint density at radius 1 is 0.660 bits per heavy atom. The van der Waals surface area contributed by atoms with Crippen LogP contribution in [0.2, 0.25) is 0 Å². The number of carbonyl (C=O) groups excluding carboxylic acids is 1. The monoisotopic (exact) mass is 712 g/mol. The summed E-state index contributed by atoms with van der Waals surface area (Å²) in [5.74, 6) is -0.188. The molecule has 1 amide bonds. The first-order valence-corrected chi connectivity index (χ1v) is 20.6. The minimum atomic E-state index is -1.56. The van der Waals surface area contributed by atoms with Crippen LogP contribution in [-0.4, -0.2) is 87.5 Å². The van der Waals surface area contributed by atoms with Crippen LogP contribution in [0.3, 0.4) is 0 Å². The lowest BCUT2D eigenvalue weighted by Crippen LogP contribution is -2.60. The van der Waals surface area contributed by atoms with E-state index in [1.54, 1.807) is 6.08 Å². The van der Waals surface area contributed by atoms with E-state index in [0.29, 0.717) is 6.42 Å². The number of rotatable bonds is 33. The predicted molar refractivity (Wildman–Crippen MR) is 203 cm³/mol. The molecule has 0 bridgehead atoms. The standard InChI is InChI=1S/C41H77NO8/c1-3-5-7-9-11-13-15-16-17-18-19-21-23-25-27-29-31-37(45)42-34(33-49-41-40(48)39(47)38(46)36(32-43)50-41)35(44)30-28-26-24-22-20-14-12-10-8-6-4-2/h17-18,28,30,34-36,38-41,43-44,46-48H,3-16,19-27,29,31-33H2,1-2H3,(H,42,45)/b18-17-,30-28+. The largest absolute Gasteiger partial charge is 0.394 e.